The summed E-state index contributed by atoms with van der Waals surface area (Å²) in [5.74, 6) is -0.602. The van der Waals surface area contributed by atoms with Gasteiger partial charge in [0.1, 0.15) is 17.5 Å². The summed E-state index contributed by atoms with van der Waals surface area (Å²) >= 11 is 0. The summed E-state index contributed by atoms with van der Waals surface area (Å²) in [6.07, 6.45) is 4.57. The molecule has 1 spiro atoms. The van der Waals surface area contributed by atoms with Crippen molar-refractivity contribution in [3.05, 3.63) is 74.7 Å². The number of nitrogens with zero attached hydrogens (tertiary/aromatic N) is 6. The Labute approximate surface area is 343 Å². The quantitative estimate of drug-likeness (QED) is 0.289. The van der Waals surface area contributed by atoms with E-state index in [-0.39, 0.29) is 42.0 Å². The van der Waals surface area contributed by atoms with Crippen LogP contribution in [0, 0.1) is 5.41 Å². The number of benzene rings is 2. The first-order chi connectivity index (χ1) is 28.3. The fraction of sp³-hybridized carbons (Fsp3) is 0.488. The molecule has 1 unspecified atom stereocenters. The molecule has 16 heteroatoms. The van der Waals surface area contributed by atoms with Crippen molar-refractivity contribution < 1.29 is 33.4 Å². The van der Waals surface area contributed by atoms with Gasteiger partial charge in [0.25, 0.3) is 17.4 Å². The van der Waals surface area contributed by atoms with E-state index in [4.69, 9.17) is 9.47 Å². The number of anilines is 1. The Morgan fingerprint density at radius 1 is 0.898 bits per heavy atom. The Morgan fingerprint density at radius 2 is 1.59 bits per heavy atom. The number of hydrogen-bond acceptors (Lipinski definition) is 11. The number of carbonyl (C=O) groups is 5. The predicted molar refractivity (Wildman–Crippen MR) is 219 cm³/mol. The second-order valence-electron chi connectivity index (χ2n) is 16.8. The van der Waals surface area contributed by atoms with Crippen LogP contribution < -0.4 is 30.6 Å². The molecule has 3 saturated heterocycles. The van der Waals surface area contributed by atoms with Crippen LogP contribution in [0.25, 0.3) is 11.1 Å². The number of carbonyl (C=O) groups excluding carboxylic acids is 5. The topological polar surface area (TPSA) is 166 Å². The fourth-order valence-electron chi connectivity index (χ4n) is 9.54. The van der Waals surface area contributed by atoms with Gasteiger partial charge in [-0.15, -0.1) is 0 Å². The van der Waals surface area contributed by atoms with E-state index >= 15 is 0 Å². The van der Waals surface area contributed by atoms with E-state index in [2.05, 4.69) is 25.3 Å². The number of ether oxygens (including phenoxy) is 2. The van der Waals surface area contributed by atoms with Gasteiger partial charge in [-0.1, -0.05) is 0 Å². The standard InChI is InChI=1S/C43H52N8O8/c1-46(2)21-33-35(58-4)18-26(19-36(33)59-5)31-22-47(3)39(54)32-23-50(14-10-28(31)32)42(57)44-13-17-48-24-43(25-48)11-15-49(16-12-43)27-6-7-29-30(20-27)41(56)51(40(29)55)34-8-9-37(52)45-38(34)53/h6-7,18-20,22,34H,8-17,21,23-25H2,1-5H3,(H,44,57)(H,45,52,53). The van der Waals surface area contributed by atoms with E-state index in [0.29, 0.717) is 48.7 Å². The maximum atomic E-state index is 13.4. The van der Waals surface area contributed by atoms with E-state index < -0.39 is 29.7 Å². The molecule has 3 aromatic rings. The minimum absolute atomic E-state index is 0.0809. The lowest BCUT2D eigenvalue weighted by atomic mass is 9.72. The molecule has 312 valence electrons. The number of methoxy groups -OCH3 is 2. The first kappa shape index (κ1) is 40.1. The zero-order chi connectivity index (χ0) is 41.7. The van der Waals surface area contributed by atoms with Crippen molar-refractivity contribution in [3.8, 4) is 22.6 Å². The lowest BCUT2D eigenvalue weighted by molar-refractivity contribution is -0.136. The summed E-state index contributed by atoms with van der Waals surface area (Å²) < 4.78 is 13.1. The highest BCUT2D eigenvalue weighted by Crippen LogP contribution is 2.42. The lowest BCUT2D eigenvalue weighted by Gasteiger charge is -2.54. The zero-order valence-corrected chi connectivity index (χ0v) is 34.4. The molecule has 6 heterocycles. The summed E-state index contributed by atoms with van der Waals surface area (Å²) in [6.45, 7) is 6.08. The number of aryl methyl sites for hydroxylation is 1. The maximum Gasteiger partial charge on any atom is 0.317 e. The SMILES string of the molecule is COc1cc(-c2cn(C)c(=O)c3c2CCN(C(=O)NCCN2CC4(CCN(c5ccc6c(c5)C(=O)N(C5CCC(=O)NC5=O)C6=O)CC4)C2)C3)cc(OC)c1CN(C)C. The number of pyridine rings is 1. The van der Waals surface area contributed by atoms with Crippen LogP contribution in [0.3, 0.4) is 0 Å². The number of aromatic nitrogens is 1. The number of rotatable bonds is 10. The van der Waals surface area contributed by atoms with Gasteiger partial charge in [0.2, 0.25) is 11.8 Å². The molecule has 0 saturated carbocycles. The number of likely N-dealkylation sites (tertiary alicyclic amines) is 1. The number of urea groups is 1. The Bertz CT molecular complexity index is 2260. The molecule has 5 aliphatic rings. The summed E-state index contributed by atoms with van der Waals surface area (Å²) in [7, 11) is 9.01. The highest BCUT2D eigenvalue weighted by Gasteiger charge is 2.46. The van der Waals surface area contributed by atoms with Gasteiger partial charge in [0.15, 0.2) is 0 Å². The van der Waals surface area contributed by atoms with Gasteiger partial charge in [0, 0.05) is 88.8 Å². The summed E-state index contributed by atoms with van der Waals surface area (Å²) in [5.41, 5.74) is 5.83. The monoisotopic (exact) mass is 808 g/mol. The van der Waals surface area contributed by atoms with Crippen LogP contribution in [0.2, 0.25) is 0 Å². The number of fused-ring (bicyclic) bond motifs is 2. The Balaban J connectivity index is 0.831. The van der Waals surface area contributed by atoms with Crippen molar-refractivity contribution in [3.63, 3.8) is 0 Å². The van der Waals surface area contributed by atoms with E-state index in [1.807, 2.05) is 38.5 Å². The minimum Gasteiger partial charge on any atom is -0.496 e. The molecule has 8 rings (SSSR count). The van der Waals surface area contributed by atoms with Crippen LogP contribution in [0.4, 0.5) is 10.5 Å². The third-order valence-corrected chi connectivity index (χ3v) is 12.7. The molecule has 16 nitrogen and oxygen atoms in total. The molecule has 0 aliphatic carbocycles. The summed E-state index contributed by atoms with van der Waals surface area (Å²) in [6, 6.07) is 8.10. The van der Waals surface area contributed by atoms with Gasteiger partial charge in [0.05, 0.1) is 37.5 Å². The molecule has 5 aliphatic heterocycles. The van der Waals surface area contributed by atoms with Crippen LogP contribution in [0.1, 0.15) is 63.1 Å². The van der Waals surface area contributed by atoms with Crippen molar-refractivity contribution in [2.45, 2.75) is 51.2 Å². The second-order valence-corrected chi connectivity index (χ2v) is 16.8. The average molecular weight is 809 g/mol. The third kappa shape index (κ3) is 7.43. The Kier molecular flexibility index (Phi) is 10.7. The molecule has 2 N–H and O–H groups in total. The average Bonchev–Trinajstić information content (AvgIpc) is 3.46. The van der Waals surface area contributed by atoms with Crippen molar-refractivity contribution in [1.29, 1.82) is 0 Å². The number of piperidine rings is 2. The molecule has 6 amide bonds. The van der Waals surface area contributed by atoms with Crippen LogP contribution in [-0.4, -0.2) is 134 Å². The smallest absolute Gasteiger partial charge is 0.317 e. The minimum atomic E-state index is -0.987. The highest BCUT2D eigenvalue weighted by molar-refractivity contribution is 6.23. The fourth-order valence-corrected chi connectivity index (χ4v) is 9.54. The molecule has 3 fully saturated rings. The van der Waals surface area contributed by atoms with Gasteiger partial charge in [-0.2, -0.15) is 0 Å². The zero-order valence-electron chi connectivity index (χ0n) is 34.4. The van der Waals surface area contributed by atoms with Gasteiger partial charge in [-0.05, 0) is 86.7 Å². The molecule has 59 heavy (non-hydrogen) atoms. The second kappa shape index (κ2) is 15.8. The first-order valence-corrected chi connectivity index (χ1v) is 20.3. The van der Waals surface area contributed by atoms with E-state index in [0.717, 1.165) is 78.4 Å². The largest absolute Gasteiger partial charge is 0.496 e. The van der Waals surface area contributed by atoms with Crippen LogP contribution in [0.5, 0.6) is 11.5 Å². The van der Waals surface area contributed by atoms with Crippen molar-refractivity contribution in [2.75, 3.05) is 79.0 Å². The Morgan fingerprint density at radius 3 is 2.25 bits per heavy atom. The molecule has 0 radical (unpaired) electrons. The lowest BCUT2D eigenvalue weighted by Crippen LogP contribution is -2.61. The summed E-state index contributed by atoms with van der Waals surface area (Å²) in [4.78, 5) is 86.8. The van der Waals surface area contributed by atoms with Crippen molar-refractivity contribution in [2.24, 2.45) is 12.5 Å². The number of hydrogen-bond donors (Lipinski definition) is 2. The summed E-state index contributed by atoms with van der Waals surface area (Å²) in [5, 5.41) is 5.33. The number of nitrogens with one attached hydrogen (secondary N) is 2. The van der Waals surface area contributed by atoms with E-state index in [9.17, 15) is 28.8 Å². The van der Waals surface area contributed by atoms with E-state index in [1.54, 1.807) is 42.9 Å². The molecule has 1 aromatic heterocycles. The molecule has 2 aromatic carbocycles. The maximum absolute atomic E-state index is 13.4. The highest BCUT2D eigenvalue weighted by atomic mass is 16.5. The first-order valence-electron chi connectivity index (χ1n) is 20.3. The van der Waals surface area contributed by atoms with Crippen LogP contribution in [-0.2, 0) is 36.1 Å². The number of imide groups is 2. The Hall–Kier alpha value is -5.74. The van der Waals surface area contributed by atoms with Crippen LogP contribution in [0.15, 0.2) is 41.3 Å². The molecular weight excluding hydrogens is 757 g/mol. The normalized spacial score (nSPS) is 20.1. The van der Waals surface area contributed by atoms with Crippen LogP contribution >= 0.6 is 0 Å². The van der Waals surface area contributed by atoms with Crippen molar-refractivity contribution >= 4 is 35.3 Å². The predicted octanol–water partition coefficient (Wildman–Crippen LogP) is 2.20. The van der Waals surface area contributed by atoms with E-state index in [1.165, 1.54) is 0 Å². The van der Waals surface area contributed by atoms with Gasteiger partial charge in [-0.25, -0.2) is 4.79 Å². The number of amides is 6. The molecular formula is C43H52N8O8. The van der Waals surface area contributed by atoms with Gasteiger partial charge in [-0.3, -0.25) is 34.2 Å². The van der Waals surface area contributed by atoms with Crippen molar-refractivity contribution in [1.82, 2.24) is 34.8 Å². The van der Waals surface area contributed by atoms with Gasteiger partial charge < -0.3 is 39.0 Å². The van der Waals surface area contributed by atoms with Gasteiger partial charge >= 0.3 is 6.03 Å². The molecule has 0 bridgehead atoms. The third-order valence-electron chi connectivity index (χ3n) is 12.7. The molecule has 1 atom stereocenters.